The Morgan fingerprint density at radius 1 is 0.902 bits per heavy atom. The Kier molecular flexibility index (Phi) is 9.41. The number of nitrogens with zero attached hydrogens (tertiary/aromatic N) is 2. The highest BCUT2D eigenvalue weighted by atomic mass is 32.1. The largest absolute Gasteiger partial charge is 0.497 e. The first kappa shape index (κ1) is 29.3. The van der Waals surface area contributed by atoms with E-state index in [-0.39, 0.29) is 36.5 Å². The molecule has 0 aliphatic carbocycles. The molecule has 11 heteroatoms. The van der Waals surface area contributed by atoms with Crippen LogP contribution in [0.3, 0.4) is 0 Å². The first-order valence-electron chi connectivity index (χ1n) is 12.9. The van der Waals surface area contributed by atoms with Crippen molar-refractivity contribution >= 4 is 46.5 Å². The summed E-state index contributed by atoms with van der Waals surface area (Å²) in [6.07, 6.45) is -0.143. The number of ether oxygens (including phenoxy) is 4. The summed E-state index contributed by atoms with van der Waals surface area (Å²) in [5.74, 6) is 0.580. The highest BCUT2D eigenvalue weighted by molar-refractivity contribution is 7.80. The molecule has 1 saturated heterocycles. The molecule has 0 saturated carbocycles. The van der Waals surface area contributed by atoms with Crippen LogP contribution in [-0.2, 0) is 20.9 Å². The van der Waals surface area contributed by atoms with Crippen molar-refractivity contribution in [3.63, 3.8) is 0 Å². The van der Waals surface area contributed by atoms with Crippen molar-refractivity contribution in [3.05, 3.63) is 77.9 Å². The fourth-order valence-corrected chi connectivity index (χ4v) is 4.84. The van der Waals surface area contributed by atoms with Gasteiger partial charge in [0.1, 0.15) is 11.8 Å². The van der Waals surface area contributed by atoms with Gasteiger partial charge >= 0.3 is 5.97 Å². The summed E-state index contributed by atoms with van der Waals surface area (Å²) in [6, 6.07) is 17.9. The number of anilines is 2. The molecule has 4 rings (SSSR count). The molecular weight excluding hydrogens is 546 g/mol. The lowest BCUT2D eigenvalue weighted by Gasteiger charge is -2.24. The van der Waals surface area contributed by atoms with Crippen molar-refractivity contribution in [1.29, 1.82) is 0 Å². The Bertz CT molecular complexity index is 1430. The number of esters is 1. The summed E-state index contributed by atoms with van der Waals surface area (Å²) in [5, 5.41) is 3.07. The second-order valence-corrected chi connectivity index (χ2v) is 9.40. The van der Waals surface area contributed by atoms with Crippen molar-refractivity contribution in [2.75, 3.05) is 38.2 Å². The fraction of sp³-hybridized carbons (Fsp3) is 0.267. The van der Waals surface area contributed by atoms with Crippen molar-refractivity contribution in [3.8, 4) is 17.2 Å². The van der Waals surface area contributed by atoms with Gasteiger partial charge < -0.3 is 29.2 Å². The number of methoxy groups -OCH3 is 3. The zero-order valence-electron chi connectivity index (χ0n) is 23.2. The maximum Gasteiger partial charge on any atom is 0.338 e. The molecule has 2 amide bonds. The van der Waals surface area contributed by atoms with Gasteiger partial charge in [-0.25, -0.2) is 4.79 Å². The van der Waals surface area contributed by atoms with E-state index in [0.717, 1.165) is 5.56 Å². The Hall–Kier alpha value is -4.64. The first-order chi connectivity index (χ1) is 19.8. The minimum atomic E-state index is -0.876. The van der Waals surface area contributed by atoms with Crippen LogP contribution >= 0.6 is 12.2 Å². The summed E-state index contributed by atoms with van der Waals surface area (Å²) < 4.78 is 21.0. The Morgan fingerprint density at radius 3 is 2.20 bits per heavy atom. The van der Waals surface area contributed by atoms with Crippen molar-refractivity contribution in [1.82, 2.24) is 4.90 Å². The molecule has 1 unspecified atom stereocenters. The smallest absolute Gasteiger partial charge is 0.338 e. The monoisotopic (exact) mass is 577 g/mol. The van der Waals surface area contributed by atoms with Gasteiger partial charge in [0.25, 0.3) is 5.91 Å². The van der Waals surface area contributed by atoms with E-state index >= 15 is 0 Å². The van der Waals surface area contributed by atoms with E-state index in [1.807, 2.05) is 6.07 Å². The quantitative estimate of drug-likeness (QED) is 0.262. The standard InChI is InChI=1S/C30H31N3O7S/c1-5-40-29(36)20-7-11-22(12-8-20)33-28(35)24(17-27(34)31-21-9-13-23(37-2)14-10-21)32(30(33)41)18-19-6-15-25(38-3)26(16-19)39-4/h6-16,24H,5,17-18H2,1-4H3,(H,31,34). The molecule has 1 aliphatic rings. The summed E-state index contributed by atoms with van der Waals surface area (Å²) in [6.45, 7) is 2.22. The van der Waals surface area contributed by atoms with Gasteiger partial charge in [-0.05, 0) is 85.4 Å². The van der Waals surface area contributed by atoms with Gasteiger partial charge in [0.15, 0.2) is 16.6 Å². The summed E-state index contributed by atoms with van der Waals surface area (Å²) in [7, 11) is 4.65. The molecule has 214 valence electrons. The number of carbonyl (C=O) groups is 3. The zero-order chi connectivity index (χ0) is 29.5. The van der Waals surface area contributed by atoms with E-state index in [2.05, 4.69) is 5.32 Å². The topological polar surface area (TPSA) is 107 Å². The normalized spacial score (nSPS) is 14.6. The molecular formula is C30H31N3O7S. The van der Waals surface area contributed by atoms with Crippen molar-refractivity contribution < 1.29 is 33.3 Å². The van der Waals surface area contributed by atoms with Gasteiger partial charge in [0, 0.05) is 12.2 Å². The van der Waals surface area contributed by atoms with Crippen LogP contribution in [0, 0.1) is 0 Å². The lowest BCUT2D eigenvalue weighted by molar-refractivity contribution is -0.124. The highest BCUT2D eigenvalue weighted by Crippen LogP contribution is 2.32. The van der Waals surface area contributed by atoms with Crippen molar-refractivity contribution in [2.24, 2.45) is 0 Å². The van der Waals surface area contributed by atoms with Crippen LogP contribution in [-0.4, -0.2) is 61.8 Å². The molecule has 0 bridgehead atoms. The van der Waals surface area contributed by atoms with Gasteiger partial charge in [0.2, 0.25) is 5.91 Å². The van der Waals surface area contributed by atoms with E-state index in [0.29, 0.717) is 34.2 Å². The summed E-state index contributed by atoms with van der Waals surface area (Å²) in [4.78, 5) is 42.1. The third-order valence-corrected chi connectivity index (χ3v) is 6.93. The van der Waals surface area contributed by atoms with Crippen LogP contribution in [0.5, 0.6) is 17.2 Å². The van der Waals surface area contributed by atoms with E-state index in [1.165, 1.54) is 4.90 Å². The number of hydrogen-bond acceptors (Lipinski definition) is 8. The van der Waals surface area contributed by atoms with Crippen LogP contribution in [0.15, 0.2) is 66.7 Å². The molecule has 1 fully saturated rings. The molecule has 1 N–H and O–H groups in total. The second-order valence-electron chi connectivity index (χ2n) is 9.04. The first-order valence-corrected chi connectivity index (χ1v) is 13.3. The highest BCUT2D eigenvalue weighted by Gasteiger charge is 2.44. The SMILES string of the molecule is CCOC(=O)c1ccc(N2C(=O)C(CC(=O)Nc3ccc(OC)cc3)N(Cc3ccc(OC)c(OC)c3)C2=S)cc1. The molecule has 0 spiro atoms. The molecule has 41 heavy (non-hydrogen) atoms. The van der Waals surface area contributed by atoms with E-state index in [1.54, 1.807) is 93.8 Å². The summed E-state index contributed by atoms with van der Waals surface area (Å²) in [5.41, 5.74) is 2.20. The maximum atomic E-state index is 13.8. The van der Waals surface area contributed by atoms with E-state index in [9.17, 15) is 14.4 Å². The van der Waals surface area contributed by atoms with Crippen molar-refractivity contribution in [2.45, 2.75) is 25.9 Å². The van der Waals surface area contributed by atoms with Crippen LogP contribution in [0.25, 0.3) is 0 Å². The van der Waals surface area contributed by atoms with E-state index in [4.69, 9.17) is 31.2 Å². The van der Waals surface area contributed by atoms with Gasteiger partial charge in [-0.15, -0.1) is 0 Å². The average molecular weight is 578 g/mol. The Balaban J connectivity index is 1.61. The Labute approximate surface area is 243 Å². The number of nitrogens with one attached hydrogen (secondary N) is 1. The molecule has 1 atom stereocenters. The van der Waals surface area contributed by atoms with Gasteiger partial charge in [0.05, 0.1) is 45.6 Å². The predicted octanol–water partition coefficient (Wildman–Crippen LogP) is 4.42. The number of thiocarbonyl (C=S) groups is 1. The number of rotatable bonds is 11. The average Bonchev–Trinajstić information content (AvgIpc) is 3.21. The van der Waals surface area contributed by atoms with Crippen LogP contribution < -0.4 is 24.4 Å². The lowest BCUT2D eigenvalue weighted by Crippen LogP contribution is -2.37. The summed E-state index contributed by atoms with van der Waals surface area (Å²) >= 11 is 5.78. The lowest BCUT2D eigenvalue weighted by atomic mass is 10.1. The van der Waals surface area contributed by atoms with Gasteiger partial charge in [-0.2, -0.15) is 0 Å². The minimum absolute atomic E-state index is 0.143. The second kappa shape index (κ2) is 13.1. The molecule has 0 radical (unpaired) electrons. The molecule has 3 aromatic rings. The molecule has 1 aliphatic heterocycles. The van der Waals surface area contributed by atoms with Crippen LogP contribution in [0.4, 0.5) is 11.4 Å². The van der Waals surface area contributed by atoms with E-state index < -0.39 is 12.0 Å². The number of carbonyl (C=O) groups excluding carboxylic acids is 3. The van der Waals surface area contributed by atoms with Crippen LogP contribution in [0.2, 0.25) is 0 Å². The molecule has 10 nitrogen and oxygen atoms in total. The number of hydrogen-bond donors (Lipinski definition) is 1. The number of benzene rings is 3. The van der Waals surface area contributed by atoms with Gasteiger partial charge in [-0.3, -0.25) is 14.5 Å². The molecule has 1 heterocycles. The maximum absolute atomic E-state index is 13.8. The Morgan fingerprint density at radius 2 is 1.59 bits per heavy atom. The zero-order valence-corrected chi connectivity index (χ0v) is 24.0. The van der Waals surface area contributed by atoms with Crippen LogP contribution in [0.1, 0.15) is 29.3 Å². The third-order valence-electron chi connectivity index (χ3n) is 6.51. The molecule has 3 aromatic carbocycles. The van der Waals surface area contributed by atoms with Gasteiger partial charge in [-0.1, -0.05) is 6.07 Å². The number of amides is 2. The molecule has 0 aromatic heterocycles. The third kappa shape index (κ3) is 6.58. The predicted molar refractivity (Wildman–Crippen MR) is 158 cm³/mol. The minimum Gasteiger partial charge on any atom is -0.497 e. The fourth-order valence-electron chi connectivity index (χ4n) is 4.45.